The standard InChI is InChI=1S/C11H16ClNOS/c1-8(13)11(15-7-6-14)9-4-2-3-5-10(9)12/h2-5,8,11,14H,6-7,13H2,1H3. The minimum absolute atomic E-state index is 0.0152. The zero-order valence-corrected chi connectivity index (χ0v) is 10.3. The highest BCUT2D eigenvalue weighted by atomic mass is 35.5. The second-order valence-corrected chi connectivity index (χ2v) is 5.05. The minimum atomic E-state index is 0.0152. The molecule has 84 valence electrons. The Morgan fingerprint density at radius 2 is 2.13 bits per heavy atom. The van der Waals surface area contributed by atoms with E-state index >= 15 is 0 Å². The Morgan fingerprint density at radius 1 is 1.47 bits per heavy atom. The van der Waals surface area contributed by atoms with Gasteiger partial charge in [-0.1, -0.05) is 29.8 Å². The van der Waals surface area contributed by atoms with E-state index in [0.717, 1.165) is 10.6 Å². The largest absolute Gasteiger partial charge is 0.396 e. The molecule has 1 aromatic carbocycles. The Hall–Kier alpha value is -0.220. The third kappa shape index (κ3) is 3.68. The molecule has 15 heavy (non-hydrogen) atoms. The van der Waals surface area contributed by atoms with Crippen molar-refractivity contribution in [1.82, 2.24) is 0 Å². The first-order valence-electron chi connectivity index (χ1n) is 4.89. The normalized spacial score (nSPS) is 14.9. The topological polar surface area (TPSA) is 46.2 Å². The summed E-state index contributed by atoms with van der Waals surface area (Å²) < 4.78 is 0. The smallest absolute Gasteiger partial charge is 0.0521 e. The molecule has 2 atom stereocenters. The van der Waals surface area contributed by atoms with Gasteiger partial charge < -0.3 is 10.8 Å². The predicted octanol–water partition coefficient (Wildman–Crippen LogP) is 2.45. The molecule has 0 spiro atoms. The molecule has 0 aromatic heterocycles. The molecule has 2 unspecified atom stereocenters. The maximum absolute atomic E-state index is 8.82. The lowest BCUT2D eigenvalue weighted by Gasteiger charge is -2.21. The van der Waals surface area contributed by atoms with Crippen LogP contribution in [0.3, 0.4) is 0 Å². The van der Waals surface area contributed by atoms with Gasteiger partial charge in [0.25, 0.3) is 0 Å². The lowest BCUT2D eigenvalue weighted by molar-refractivity contribution is 0.322. The summed E-state index contributed by atoms with van der Waals surface area (Å²) in [5.74, 6) is 0.678. The molecule has 0 bridgehead atoms. The van der Waals surface area contributed by atoms with E-state index in [4.69, 9.17) is 22.4 Å². The van der Waals surface area contributed by atoms with Crippen LogP contribution >= 0.6 is 23.4 Å². The maximum Gasteiger partial charge on any atom is 0.0521 e. The van der Waals surface area contributed by atoms with Crippen molar-refractivity contribution in [3.05, 3.63) is 34.9 Å². The monoisotopic (exact) mass is 245 g/mol. The van der Waals surface area contributed by atoms with Crippen LogP contribution in [0.15, 0.2) is 24.3 Å². The van der Waals surface area contributed by atoms with E-state index in [1.54, 1.807) is 11.8 Å². The molecule has 0 aliphatic heterocycles. The van der Waals surface area contributed by atoms with Crippen molar-refractivity contribution in [2.75, 3.05) is 12.4 Å². The fourth-order valence-corrected chi connectivity index (χ4v) is 2.78. The third-order valence-electron chi connectivity index (χ3n) is 2.08. The molecule has 0 fully saturated rings. The number of aliphatic hydroxyl groups excluding tert-OH is 1. The van der Waals surface area contributed by atoms with Gasteiger partial charge in [-0.25, -0.2) is 0 Å². The molecule has 0 aliphatic rings. The Bertz CT molecular complexity index is 306. The molecule has 0 heterocycles. The van der Waals surface area contributed by atoms with Crippen molar-refractivity contribution in [3.8, 4) is 0 Å². The Balaban J connectivity index is 2.84. The molecule has 2 nitrogen and oxygen atoms in total. The summed E-state index contributed by atoms with van der Waals surface area (Å²) in [4.78, 5) is 0. The fraction of sp³-hybridized carbons (Fsp3) is 0.455. The second-order valence-electron chi connectivity index (χ2n) is 3.40. The summed E-state index contributed by atoms with van der Waals surface area (Å²) >= 11 is 7.75. The first kappa shape index (κ1) is 12.8. The van der Waals surface area contributed by atoms with Gasteiger partial charge in [-0.2, -0.15) is 0 Å². The molecule has 4 heteroatoms. The van der Waals surface area contributed by atoms with Crippen LogP contribution in [0.4, 0.5) is 0 Å². The van der Waals surface area contributed by atoms with Crippen LogP contribution in [-0.2, 0) is 0 Å². The fourth-order valence-electron chi connectivity index (χ4n) is 1.41. The first-order valence-corrected chi connectivity index (χ1v) is 6.32. The second kappa shape index (κ2) is 6.38. The number of aliphatic hydroxyl groups is 1. The highest BCUT2D eigenvalue weighted by molar-refractivity contribution is 7.99. The summed E-state index contributed by atoms with van der Waals surface area (Å²) in [7, 11) is 0. The van der Waals surface area contributed by atoms with Crippen LogP contribution in [-0.4, -0.2) is 23.5 Å². The molecule has 0 saturated heterocycles. The first-order chi connectivity index (χ1) is 7.16. The minimum Gasteiger partial charge on any atom is -0.396 e. The van der Waals surface area contributed by atoms with E-state index in [2.05, 4.69) is 0 Å². The van der Waals surface area contributed by atoms with Crippen molar-refractivity contribution in [3.63, 3.8) is 0 Å². The van der Waals surface area contributed by atoms with E-state index in [0.29, 0.717) is 5.75 Å². The molecule has 0 radical (unpaired) electrons. The van der Waals surface area contributed by atoms with Crippen molar-refractivity contribution in [2.24, 2.45) is 5.73 Å². The summed E-state index contributed by atoms with van der Waals surface area (Å²) in [5.41, 5.74) is 6.97. The van der Waals surface area contributed by atoms with Gasteiger partial charge in [-0.15, -0.1) is 11.8 Å². The van der Waals surface area contributed by atoms with Crippen molar-refractivity contribution < 1.29 is 5.11 Å². The molecular weight excluding hydrogens is 230 g/mol. The number of nitrogens with two attached hydrogens (primary N) is 1. The third-order valence-corrected chi connectivity index (χ3v) is 3.88. The highest BCUT2D eigenvalue weighted by Crippen LogP contribution is 2.35. The highest BCUT2D eigenvalue weighted by Gasteiger charge is 2.18. The van der Waals surface area contributed by atoms with Gasteiger partial charge in [0.2, 0.25) is 0 Å². The summed E-state index contributed by atoms with van der Waals surface area (Å²) in [6, 6.07) is 7.73. The van der Waals surface area contributed by atoms with Crippen molar-refractivity contribution in [2.45, 2.75) is 18.2 Å². The van der Waals surface area contributed by atoms with Crippen LogP contribution in [0.5, 0.6) is 0 Å². The number of hydrogen-bond donors (Lipinski definition) is 2. The van der Waals surface area contributed by atoms with Crippen molar-refractivity contribution in [1.29, 1.82) is 0 Å². The van der Waals surface area contributed by atoms with Crippen LogP contribution < -0.4 is 5.73 Å². The van der Waals surface area contributed by atoms with Gasteiger partial charge >= 0.3 is 0 Å². The lowest BCUT2D eigenvalue weighted by Crippen LogP contribution is -2.23. The molecular formula is C11H16ClNOS. The van der Waals surface area contributed by atoms with Gasteiger partial charge in [-0.3, -0.25) is 0 Å². The number of halogens is 1. The van der Waals surface area contributed by atoms with Gasteiger partial charge in [0.05, 0.1) is 6.61 Å². The SMILES string of the molecule is CC(N)C(SCCO)c1ccccc1Cl. The maximum atomic E-state index is 8.82. The summed E-state index contributed by atoms with van der Waals surface area (Å²) in [6.07, 6.45) is 0. The lowest BCUT2D eigenvalue weighted by atomic mass is 10.1. The van der Waals surface area contributed by atoms with Crippen molar-refractivity contribution >= 4 is 23.4 Å². The number of hydrogen-bond acceptors (Lipinski definition) is 3. The molecule has 0 aliphatic carbocycles. The van der Waals surface area contributed by atoms with E-state index in [-0.39, 0.29) is 17.9 Å². The van der Waals surface area contributed by atoms with E-state index < -0.39 is 0 Å². The molecule has 0 saturated carbocycles. The summed E-state index contributed by atoms with van der Waals surface area (Å²) in [6.45, 7) is 2.12. The zero-order chi connectivity index (χ0) is 11.3. The van der Waals surface area contributed by atoms with Gasteiger partial charge in [0, 0.05) is 22.1 Å². The molecule has 0 amide bonds. The summed E-state index contributed by atoms with van der Waals surface area (Å²) in [5, 5.41) is 9.70. The van der Waals surface area contributed by atoms with E-state index in [9.17, 15) is 0 Å². The zero-order valence-electron chi connectivity index (χ0n) is 8.69. The van der Waals surface area contributed by atoms with Crippen LogP contribution in [0.2, 0.25) is 5.02 Å². The van der Waals surface area contributed by atoms with Gasteiger partial charge in [-0.05, 0) is 18.6 Å². The molecule has 3 N–H and O–H groups in total. The van der Waals surface area contributed by atoms with Gasteiger partial charge in [0.15, 0.2) is 0 Å². The van der Waals surface area contributed by atoms with Crippen LogP contribution in [0.1, 0.15) is 17.7 Å². The quantitative estimate of drug-likeness (QED) is 0.838. The average molecular weight is 246 g/mol. The van der Waals surface area contributed by atoms with Crippen LogP contribution in [0.25, 0.3) is 0 Å². The van der Waals surface area contributed by atoms with Crippen LogP contribution in [0, 0.1) is 0 Å². The van der Waals surface area contributed by atoms with E-state index in [1.807, 2.05) is 31.2 Å². The number of rotatable bonds is 5. The predicted molar refractivity (Wildman–Crippen MR) is 67.4 cm³/mol. The molecule has 1 rings (SSSR count). The Labute approximate surface area is 99.8 Å². The Morgan fingerprint density at radius 3 is 2.67 bits per heavy atom. The number of benzene rings is 1. The Kier molecular flexibility index (Phi) is 5.47. The average Bonchev–Trinajstić information content (AvgIpc) is 2.20. The number of thioether (sulfide) groups is 1. The van der Waals surface area contributed by atoms with E-state index in [1.165, 1.54) is 0 Å². The van der Waals surface area contributed by atoms with Gasteiger partial charge in [0.1, 0.15) is 0 Å². The molecule has 1 aromatic rings.